The number of aromatic nitrogens is 12. The number of anilines is 8. The minimum Gasteiger partial charge on any atom is -0.391 e. The van der Waals surface area contributed by atoms with Crippen molar-refractivity contribution in [3.8, 4) is 0 Å². The van der Waals surface area contributed by atoms with E-state index in [1.807, 2.05) is 0 Å². The van der Waals surface area contributed by atoms with Crippen LogP contribution in [-0.4, -0.2) is 225 Å². The summed E-state index contributed by atoms with van der Waals surface area (Å²) in [7, 11) is 0. The Labute approximate surface area is 738 Å². The number of rotatable bonds is 12. The molecule has 4 aromatic carbocycles. The molecule has 16 heterocycles. The van der Waals surface area contributed by atoms with Gasteiger partial charge in [-0.15, -0.1) is 0 Å². The Morgan fingerprint density at radius 3 is 1.19 bits per heavy atom. The lowest BCUT2D eigenvalue weighted by molar-refractivity contribution is 0.176. The molecule has 32 nitrogen and oxygen atoms in total. The van der Waals surface area contributed by atoms with Gasteiger partial charge >= 0.3 is 24.1 Å². The van der Waals surface area contributed by atoms with Gasteiger partial charge in [-0.05, 0) is 174 Å². The van der Waals surface area contributed by atoms with Crippen LogP contribution in [0.25, 0.3) is 22.6 Å². The molecule has 8 N–H and O–H groups in total. The molecular formula is C84H88F8N24O8. The average molecular weight is 1740 g/mol. The van der Waals surface area contributed by atoms with Gasteiger partial charge in [-0.2, -0.15) is 20.4 Å². The van der Waals surface area contributed by atoms with E-state index in [0.29, 0.717) is 73.1 Å². The number of aliphatic hydroxyl groups excluding tert-OH is 3. The van der Waals surface area contributed by atoms with Crippen LogP contribution in [0, 0.1) is 46.5 Å². The molecule has 12 aromatic rings. The number of carbonyl (C=O) groups excluding carboxylic acids is 4. The Hall–Kier alpha value is -13.1. The van der Waals surface area contributed by atoms with E-state index in [1.54, 1.807) is 17.0 Å². The Balaban J connectivity index is 0.000000135. The second kappa shape index (κ2) is 35.8. The smallest absolute Gasteiger partial charge is 0.322 e. The first-order chi connectivity index (χ1) is 69.3. The Bertz CT molecular complexity index is 7270. The van der Waals surface area contributed by atoms with Gasteiger partial charge in [0.2, 0.25) is 0 Å². The predicted molar refractivity (Wildman–Crippen MR) is 440 cm³/mol. The molecule has 8 saturated heterocycles. The summed E-state index contributed by atoms with van der Waals surface area (Å²) in [6, 6.07) is 5.86. The molecule has 8 atom stereocenters. The molecular weight excluding hydrogens is 1630 g/mol. The molecule has 0 radical (unpaired) electrons. The number of halogens is 8. The average Bonchev–Trinajstić information content (AvgIpc) is 1.50. The fourth-order valence-electron chi connectivity index (χ4n) is 14.7. The van der Waals surface area contributed by atoms with Crippen molar-refractivity contribution in [1.29, 1.82) is 0 Å². The molecule has 0 unspecified atom stereocenters. The van der Waals surface area contributed by atoms with Crippen LogP contribution in [0.5, 0.6) is 0 Å². The Morgan fingerprint density at radius 1 is 0.371 bits per heavy atom. The highest BCUT2D eigenvalue weighted by atomic mass is 19.2. The van der Waals surface area contributed by atoms with Crippen molar-refractivity contribution >= 4 is 92.7 Å². The van der Waals surface area contributed by atoms with Gasteiger partial charge in [-0.3, -0.25) is 0 Å². The summed E-state index contributed by atoms with van der Waals surface area (Å²) < 4.78 is 324. The van der Waals surface area contributed by atoms with E-state index in [1.165, 1.54) is 82.2 Å². The van der Waals surface area contributed by atoms with Gasteiger partial charge in [0.1, 0.15) is 92.6 Å². The molecule has 0 spiro atoms. The summed E-state index contributed by atoms with van der Waals surface area (Å²) in [5.74, 6) is -5.98. The van der Waals surface area contributed by atoms with Gasteiger partial charge in [-0.1, -0.05) is 0 Å². The van der Waals surface area contributed by atoms with Gasteiger partial charge in [0.05, 0.1) is 85.6 Å². The number of amides is 8. The van der Waals surface area contributed by atoms with Crippen molar-refractivity contribution in [2.75, 3.05) is 119 Å². The van der Waals surface area contributed by atoms with Crippen molar-refractivity contribution in [2.24, 2.45) is 0 Å². The summed E-state index contributed by atoms with van der Waals surface area (Å²) in [5, 5.41) is 65.6. The van der Waals surface area contributed by atoms with E-state index in [4.69, 9.17) is 34.3 Å². The zero-order valence-corrected chi connectivity index (χ0v) is 64.3. The third-order valence-corrected chi connectivity index (χ3v) is 20.4. The van der Waals surface area contributed by atoms with Gasteiger partial charge < -0.3 is 80.9 Å². The van der Waals surface area contributed by atoms with Crippen LogP contribution in [-0.2, 0) is 0 Å². The van der Waals surface area contributed by atoms with Gasteiger partial charge in [0.25, 0.3) is 0 Å². The highest BCUT2D eigenvalue weighted by Gasteiger charge is 2.37. The maximum absolute atomic E-state index is 15.0. The third kappa shape index (κ3) is 17.8. The summed E-state index contributed by atoms with van der Waals surface area (Å²) in [5.41, 5.74) is -0.916. The van der Waals surface area contributed by atoms with Crippen molar-refractivity contribution in [3.05, 3.63) is 215 Å². The number of nitrogens with zero attached hydrogens (tertiary/aromatic N) is 20. The number of hydrogen-bond donors (Lipinski definition) is 8. The van der Waals surface area contributed by atoms with Crippen molar-refractivity contribution in [1.82, 2.24) is 78.0 Å². The lowest BCUT2D eigenvalue weighted by Gasteiger charge is -2.26. The van der Waals surface area contributed by atoms with Crippen LogP contribution >= 0.6 is 0 Å². The van der Waals surface area contributed by atoms with Gasteiger partial charge in [0.15, 0.2) is 22.6 Å². The lowest BCUT2D eigenvalue weighted by atomic mass is 10.0. The summed E-state index contributed by atoms with van der Waals surface area (Å²) in [6.45, 7) is -19.0. The Kier molecular flexibility index (Phi) is 16.8. The van der Waals surface area contributed by atoms with Crippen molar-refractivity contribution in [2.45, 2.75) is 125 Å². The molecule has 8 aromatic heterocycles. The molecule has 8 aliphatic heterocycles. The highest BCUT2D eigenvalue weighted by Crippen LogP contribution is 2.43. The minimum absolute atomic E-state index is 0.00414. The predicted octanol–water partition coefficient (Wildman–Crippen LogP) is 11.8. The van der Waals surface area contributed by atoms with Crippen molar-refractivity contribution < 1.29 is 109 Å². The van der Waals surface area contributed by atoms with Crippen LogP contribution in [0.3, 0.4) is 0 Å². The largest absolute Gasteiger partial charge is 0.391 e. The first kappa shape index (κ1) is 58.1. The molecule has 124 heavy (non-hydrogen) atoms. The number of likely N-dealkylation sites (tertiary alicyclic amines) is 4. The Morgan fingerprint density at radius 2 is 0.758 bits per heavy atom. The molecule has 8 fully saturated rings. The molecule has 0 bridgehead atoms. The summed E-state index contributed by atoms with van der Waals surface area (Å²) >= 11 is 0. The van der Waals surface area contributed by atoms with Crippen LogP contribution in [0.15, 0.2) is 147 Å². The van der Waals surface area contributed by atoms with E-state index < -0.39 is 214 Å². The molecule has 0 aliphatic carbocycles. The molecule has 8 aliphatic rings. The summed E-state index contributed by atoms with van der Waals surface area (Å²) in [6.07, 6.45) is -8.17. The van der Waals surface area contributed by atoms with Crippen LogP contribution in [0.2, 0.25) is 0 Å². The van der Waals surface area contributed by atoms with E-state index >= 15 is 0 Å². The zero-order chi connectivity index (χ0) is 109. The SMILES string of the molecule is [2H]C1([2H])CCN(c2ccn3ncc(NC(=O)N4C([2H])([2H])C[C@H](O)C4([2H])[2H])c3n2)[C@H]1c1cc(F)ccc1F.[2H]C1([2H])C[C@H](O)C([2H])([2H])N1C(=O)Nc1cnn2ccc(N3CCC[C@]3([2H])c3cc(F)ccc3F)nc12.[2H]C1([2H])N(C(=O)Nc2cnn3ccc(N4CCC[C@@H]4c4cc(F)ccc4F)nc23)C([2H])([2H])[C@@]([2H])(O)C1([2H])[2H].[2H]C1([2H])N(c2ccn3ncc(NC(=O)N4CC[C@H](O)C4)c3n2)[C@@]([2H])(c2cc(F)ccc2F)C([2H])([2H])C1([2H])[2H]. The van der Waals surface area contributed by atoms with E-state index in [0.717, 1.165) is 72.9 Å². The second-order valence-corrected chi connectivity index (χ2v) is 28.5. The molecule has 0 saturated carbocycles. The second-order valence-electron chi connectivity index (χ2n) is 28.5. The van der Waals surface area contributed by atoms with Gasteiger partial charge in [0, 0.05) is 147 Å². The summed E-state index contributed by atoms with van der Waals surface area (Å²) in [4.78, 5) is 76.0. The first-order valence-electron chi connectivity index (χ1n) is 50.8. The first-order valence-corrected chi connectivity index (χ1v) is 38.3. The maximum atomic E-state index is 15.0. The highest BCUT2D eigenvalue weighted by molar-refractivity contribution is 5.96. The van der Waals surface area contributed by atoms with E-state index in [2.05, 4.69) is 61.6 Å². The molecule has 648 valence electrons. The number of carbonyl (C=O) groups is 4. The number of urea groups is 4. The zero-order valence-electron chi connectivity index (χ0n) is 89.3. The van der Waals surface area contributed by atoms with Crippen LogP contribution in [0.4, 0.5) is 100 Å². The van der Waals surface area contributed by atoms with Crippen LogP contribution < -0.4 is 40.9 Å². The third-order valence-electron chi connectivity index (χ3n) is 20.4. The normalized spacial score (nSPS) is 30.5. The number of fused-ring (bicyclic) bond motifs is 4. The number of benzene rings is 4. The quantitative estimate of drug-likeness (QED) is 0.0527. The van der Waals surface area contributed by atoms with Gasteiger partial charge in [-0.25, -0.2) is 92.3 Å². The fraction of sp³-hybridized carbons (Fsp3) is 0.381. The van der Waals surface area contributed by atoms with E-state index in [-0.39, 0.29) is 109 Å². The number of β-amino-alcohol motifs (C(OH)–C–C–N with tert-alkyl or cyclic N) is 4. The molecule has 8 amide bonds. The maximum Gasteiger partial charge on any atom is 0.322 e. The number of aliphatic hydroxyl groups is 4. The van der Waals surface area contributed by atoms with Crippen LogP contribution in [0.1, 0.15) is 158 Å². The lowest BCUT2D eigenvalue weighted by Crippen LogP contribution is -2.33. The number of nitrogens with one attached hydrogen (secondary N) is 4. The molecule has 20 rings (SSSR count). The fourth-order valence-corrected chi connectivity index (χ4v) is 14.7. The minimum atomic E-state index is -3.62. The standard InChI is InChI=1S/4C21H22F2N6O2/c4*22-13-3-4-16(23)15(10-13)18-2-1-7-28(18)19-6-9-29-20(26-19)17(11-24-29)25-21(31)27-8-5-14(30)12-27/h4*3-4,6,9-11,14,18,30H,1-2,5,7-8,12H2,(H,25,31)/t4*14-,18+/m0000/s1/i5D2,8D2,12D2,14D;1D2,2D2,7D2,18D;8D2,12D2,18D;2D2,8D2,12D2. The molecule has 40 heteroatoms. The topological polar surface area (TPSA) is 344 Å². The van der Waals surface area contributed by atoms with E-state index in [9.17, 15) is 74.7 Å². The number of hydrogen-bond acceptors (Lipinski definition) is 20. The monoisotopic (exact) mass is 1740 g/mol. The van der Waals surface area contributed by atoms with Crippen molar-refractivity contribution in [3.63, 3.8) is 0 Å².